The van der Waals surface area contributed by atoms with Gasteiger partial charge in [-0.05, 0) is 54.0 Å². The van der Waals surface area contributed by atoms with Crippen LogP contribution in [0, 0.1) is 17.5 Å². The highest BCUT2D eigenvalue weighted by atomic mass is 19.2. The number of hydrogen-bond acceptors (Lipinski definition) is 3. The van der Waals surface area contributed by atoms with Gasteiger partial charge in [-0.2, -0.15) is 0 Å². The van der Waals surface area contributed by atoms with E-state index in [1.54, 1.807) is 12.1 Å². The van der Waals surface area contributed by atoms with Crippen LogP contribution in [0.25, 0.3) is 10.8 Å². The van der Waals surface area contributed by atoms with E-state index in [1.807, 2.05) is 18.2 Å². The fraction of sp³-hybridized carbons (Fsp3) is 0.429. The van der Waals surface area contributed by atoms with Gasteiger partial charge in [-0.15, -0.1) is 0 Å². The summed E-state index contributed by atoms with van der Waals surface area (Å²) in [5.74, 6) is -2.07. The second-order valence-electron chi connectivity index (χ2n) is 8.82. The van der Waals surface area contributed by atoms with Crippen molar-refractivity contribution in [1.29, 1.82) is 0 Å². The summed E-state index contributed by atoms with van der Waals surface area (Å²) < 4.78 is 59.2. The predicted molar refractivity (Wildman–Crippen MR) is 126 cm³/mol. The molecule has 0 atom stereocenters. The summed E-state index contributed by atoms with van der Waals surface area (Å²) >= 11 is 0. The van der Waals surface area contributed by atoms with Crippen LogP contribution >= 0.6 is 0 Å². The molecule has 3 aromatic carbocycles. The van der Waals surface area contributed by atoms with Gasteiger partial charge in [0.1, 0.15) is 11.9 Å². The molecule has 1 fully saturated rings. The maximum absolute atomic E-state index is 15.1. The van der Waals surface area contributed by atoms with Gasteiger partial charge in [-0.3, -0.25) is 0 Å². The first-order valence-corrected chi connectivity index (χ1v) is 12.0. The van der Waals surface area contributed by atoms with Gasteiger partial charge in [0.05, 0.1) is 13.2 Å². The third-order valence-corrected chi connectivity index (χ3v) is 6.22. The minimum absolute atomic E-state index is 0.0621. The lowest BCUT2D eigenvalue weighted by Gasteiger charge is -2.29. The van der Waals surface area contributed by atoms with Gasteiger partial charge in [-0.1, -0.05) is 56.5 Å². The second-order valence-corrected chi connectivity index (χ2v) is 8.82. The first-order chi connectivity index (χ1) is 16.5. The van der Waals surface area contributed by atoms with E-state index in [1.165, 1.54) is 25.3 Å². The normalized spacial score (nSPS) is 18.5. The fourth-order valence-corrected chi connectivity index (χ4v) is 4.22. The standard InChI is InChI=1S/C28H31F3O3/c1-2-3-4-5-14-32-23-17-33-28(34-18-23)22-11-12-24-21(16-22)10-9-20(27(24)31)8-6-19-7-13-25(29)26(30)15-19/h7,9-13,15-16,23,28H,2-6,8,14,17-18H2,1H3. The van der Waals surface area contributed by atoms with Crippen LogP contribution in [0.15, 0.2) is 48.5 Å². The van der Waals surface area contributed by atoms with Crippen LogP contribution in [0.3, 0.4) is 0 Å². The van der Waals surface area contributed by atoms with Crippen LogP contribution in [0.5, 0.6) is 0 Å². The summed E-state index contributed by atoms with van der Waals surface area (Å²) in [7, 11) is 0. The molecule has 0 saturated carbocycles. The van der Waals surface area contributed by atoms with Crippen molar-refractivity contribution < 1.29 is 27.4 Å². The number of halogens is 3. The highest BCUT2D eigenvalue weighted by Gasteiger charge is 2.24. The van der Waals surface area contributed by atoms with Crippen LogP contribution in [0.1, 0.15) is 55.6 Å². The summed E-state index contributed by atoms with van der Waals surface area (Å²) in [6, 6.07) is 12.8. The molecule has 1 saturated heterocycles. The maximum Gasteiger partial charge on any atom is 0.184 e. The zero-order chi connectivity index (χ0) is 23.9. The summed E-state index contributed by atoms with van der Waals surface area (Å²) in [6.07, 6.45) is 4.90. The van der Waals surface area contributed by atoms with Crippen molar-refractivity contribution in [1.82, 2.24) is 0 Å². The van der Waals surface area contributed by atoms with Gasteiger partial charge in [0.15, 0.2) is 17.9 Å². The fourth-order valence-electron chi connectivity index (χ4n) is 4.22. The second kappa shape index (κ2) is 11.8. The van der Waals surface area contributed by atoms with Crippen molar-refractivity contribution in [3.8, 4) is 0 Å². The zero-order valence-corrected chi connectivity index (χ0v) is 19.5. The molecular weight excluding hydrogens is 441 g/mol. The molecule has 6 heteroatoms. The molecule has 0 bridgehead atoms. The minimum Gasteiger partial charge on any atom is -0.373 e. The average molecular weight is 473 g/mol. The van der Waals surface area contributed by atoms with E-state index in [-0.39, 0.29) is 11.9 Å². The molecule has 0 aliphatic carbocycles. The topological polar surface area (TPSA) is 27.7 Å². The first kappa shape index (κ1) is 24.7. The number of aryl methyl sites for hydroxylation is 2. The lowest BCUT2D eigenvalue weighted by molar-refractivity contribution is -0.230. The Labute approximate surface area is 198 Å². The van der Waals surface area contributed by atoms with E-state index in [2.05, 4.69) is 6.92 Å². The Kier molecular flexibility index (Phi) is 8.59. The molecule has 0 N–H and O–H groups in total. The molecule has 1 aliphatic heterocycles. The Bertz CT molecular complexity index is 1090. The Balaban J connectivity index is 1.35. The molecule has 1 aliphatic rings. The number of benzene rings is 3. The Hall–Kier alpha value is -2.41. The number of ether oxygens (including phenoxy) is 3. The summed E-state index contributed by atoms with van der Waals surface area (Å²) in [6.45, 7) is 3.83. The van der Waals surface area contributed by atoms with E-state index >= 15 is 4.39 Å². The smallest absolute Gasteiger partial charge is 0.184 e. The monoisotopic (exact) mass is 472 g/mol. The number of fused-ring (bicyclic) bond motifs is 1. The van der Waals surface area contributed by atoms with Gasteiger partial charge < -0.3 is 14.2 Å². The molecule has 34 heavy (non-hydrogen) atoms. The number of hydrogen-bond donors (Lipinski definition) is 0. The average Bonchev–Trinajstić information content (AvgIpc) is 2.86. The Morgan fingerprint density at radius 3 is 2.44 bits per heavy atom. The first-order valence-electron chi connectivity index (χ1n) is 12.0. The van der Waals surface area contributed by atoms with Crippen molar-refractivity contribution in [3.05, 3.63) is 82.7 Å². The predicted octanol–water partition coefficient (Wildman–Crippen LogP) is 7.05. The van der Waals surface area contributed by atoms with Gasteiger partial charge in [-0.25, -0.2) is 13.2 Å². The highest BCUT2D eigenvalue weighted by Crippen LogP contribution is 2.29. The van der Waals surface area contributed by atoms with E-state index in [9.17, 15) is 8.78 Å². The van der Waals surface area contributed by atoms with Gasteiger partial charge in [0.2, 0.25) is 0 Å². The van der Waals surface area contributed by atoms with E-state index in [0.29, 0.717) is 42.6 Å². The minimum atomic E-state index is -0.888. The van der Waals surface area contributed by atoms with Crippen LogP contribution in [0.4, 0.5) is 13.2 Å². The van der Waals surface area contributed by atoms with Crippen LogP contribution in [-0.2, 0) is 27.1 Å². The molecule has 0 radical (unpaired) electrons. The summed E-state index contributed by atoms with van der Waals surface area (Å²) in [5, 5.41) is 1.27. The van der Waals surface area contributed by atoms with E-state index < -0.39 is 17.9 Å². The summed E-state index contributed by atoms with van der Waals surface area (Å²) in [5.41, 5.74) is 2.00. The van der Waals surface area contributed by atoms with Crippen LogP contribution < -0.4 is 0 Å². The SMILES string of the molecule is CCCCCCOC1COC(c2ccc3c(F)c(CCc4ccc(F)c(F)c4)ccc3c2)OC1. The van der Waals surface area contributed by atoms with Gasteiger partial charge in [0, 0.05) is 17.6 Å². The number of unbranched alkanes of at least 4 members (excludes halogenated alkanes) is 3. The molecule has 3 nitrogen and oxygen atoms in total. The summed E-state index contributed by atoms with van der Waals surface area (Å²) in [4.78, 5) is 0. The number of rotatable bonds is 10. The van der Waals surface area contributed by atoms with Crippen molar-refractivity contribution in [2.24, 2.45) is 0 Å². The highest BCUT2D eigenvalue weighted by molar-refractivity contribution is 5.84. The van der Waals surface area contributed by atoms with Crippen molar-refractivity contribution in [2.75, 3.05) is 19.8 Å². The molecule has 0 aromatic heterocycles. The van der Waals surface area contributed by atoms with Crippen molar-refractivity contribution >= 4 is 10.8 Å². The van der Waals surface area contributed by atoms with Crippen LogP contribution in [-0.4, -0.2) is 25.9 Å². The Morgan fingerprint density at radius 2 is 1.68 bits per heavy atom. The molecule has 4 rings (SSSR count). The van der Waals surface area contributed by atoms with E-state index in [4.69, 9.17) is 14.2 Å². The molecule has 1 heterocycles. The third kappa shape index (κ3) is 6.17. The molecular formula is C28H31F3O3. The molecule has 0 spiro atoms. The molecule has 3 aromatic rings. The van der Waals surface area contributed by atoms with Gasteiger partial charge >= 0.3 is 0 Å². The molecule has 0 unspecified atom stereocenters. The lowest BCUT2D eigenvalue weighted by atomic mass is 9.99. The molecule has 182 valence electrons. The lowest BCUT2D eigenvalue weighted by Crippen LogP contribution is -2.33. The van der Waals surface area contributed by atoms with Crippen molar-refractivity contribution in [2.45, 2.75) is 57.8 Å². The maximum atomic E-state index is 15.1. The molecule has 0 amide bonds. The zero-order valence-electron chi connectivity index (χ0n) is 19.5. The van der Waals surface area contributed by atoms with Gasteiger partial charge in [0.25, 0.3) is 0 Å². The Morgan fingerprint density at radius 1 is 0.853 bits per heavy atom. The van der Waals surface area contributed by atoms with Crippen LogP contribution in [0.2, 0.25) is 0 Å². The largest absolute Gasteiger partial charge is 0.373 e. The quantitative estimate of drug-likeness (QED) is 0.296. The van der Waals surface area contributed by atoms with E-state index in [0.717, 1.165) is 36.1 Å². The van der Waals surface area contributed by atoms with Crippen molar-refractivity contribution in [3.63, 3.8) is 0 Å². The third-order valence-electron chi connectivity index (χ3n) is 6.22.